The van der Waals surface area contributed by atoms with Gasteiger partial charge in [0.05, 0.1) is 4.92 Å². The van der Waals surface area contributed by atoms with E-state index in [1.54, 1.807) is 12.1 Å². The highest BCUT2D eigenvalue weighted by molar-refractivity contribution is 9.11. The molecule has 6 heteroatoms. The molecule has 0 heterocycles. The molecule has 1 aromatic carbocycles. The lowest BCUT2D eigenvalue weighted by Gasteiger charge is -1.99. The SMILES string of the molecule is C=C(Br)CNC(=O)/C=C/c1cccc([N+](=O)[O-])c1. The Morgan fingerprint density at radius 3 is 2.89 bits per heavy atom. The Kier molecular flexibility index (Phi) is 5.26. The highest BCUT2D eigenvalue weighted by atomic mass is 79.9. The molecule has 18 heavy (non-hydrogen) atoms. The maximum absolute atomic E-state index is 11.3. The predicted molar refractivity (Wildman–Crippen MR) is 73.2 cm³/mol. The number of hydrogen-bond donors (Lipinski definition) is 1. The molecule has 5 nitrogen and oxygen atoms in total. The third kappa shape index (κ3) is 4.92. The average Bonchev–Trinajstić information content (AvgIpc) is 2.34. The molecule has 0 radical (unpaired) electrons. The molecule has 1 amide bonds. The lowest BCUT2D eigenvalue weighted by Crippen LogP contribution is -2.21. The number of nitro benzene ring substituents is 1. The van der Waals surface area contributed by atoms with Gasteiger partial charge in [-0.05, 0) is 11.6 Å². The largest absolute Gasteiger partial charge is 0.348 e. The molecule has 0 atom stereocenters. The van der Waals surface area contributed by atoms with Crippen molar-refractivity contribution in [2.45, 2.75) is 0 Å². The summed E-state index contributed by atoms with van der Waals surface area (Å²) in [6.07, 6.45) is 2.83. The van der Waals surface area contributed by atoms with E-state index in [-0.39, 0.29) is 11.6 Å². The summed E-state index contributed by atoms with van der Waals surface area (Å²) in [7, 11) is 0. The van der Waals surface area contributed by atoms with Gasteiger partial charge in [0.2, 0.25) is 5.91 Å². The lowest BCUT2D eigenvalue weighted by atomic mass is 10.2. The van der Waals surface area contributed by atoms with E-state index in [4.69, 9.17) is 0 Å². The Hall–Kier alpha value is -1.95. The first-order chi connectivity index (χ1) is 8.49. The number of hydrogen-bond acceptors (Lipinski definition) is 3. The summed E-state index contributed by atoms with van der Waals surface area (Å²) in [6, 6.07) is 6.04. The monoisotopic (exact) mass is 310 g/mol. The maximum Gasteiger partial charge on any atom is 0.270 e. The van der Waals surface area contributed by atoms with Gasteiger partial charge in [0.25, 0.3) is 5.69 Å². The smallest absolute Gasteiger partial charge is 0.270 e. The minimum atomic E-state index is -0.480. The number of carbonyl (C=O) groups excluding carboxylic acids is 1. The van der Waals surface area contributed by atoms with Crippen LogP contribution in [-0.4, -0.2) is 17.4 Å². The van der Waals surface area contributed by atoms with Crippen LogP contribution in [0.3, 0.4) is 0 Å². The number of carbonyl (C=O) groups is 1. The first kappa shape index (κ1) is 14.1. The molecule has 0 aliphatic rings. The number of rotatable bonds is 5. The number of benzene rings is 1. The van der Waals surface area contributed by atoms with E-state index < -0.39 is 4.92 Å². The van der Waals surface area contributed by atoms with Crippen molar-refractivity contribution in [3.63, 3.8) is 0 Å². The molecule has 0 aromatic heterocycles. The van der Waals surface area contributed by atoms with Gasteiger partial charge in [0, 0.05) is 29.2 Å². The second-order valence-electron chi connectivity index (χ2n) is 3.42. The molecular weight excluding hydrogens is 300 g/mol. The quantitative estimate of drug-likeness (QED) is 0.516. The summed E-state index contributed by atoms with van der Waals surface area (Å²) < 4.78 is 0.666. The standard InChI is InChI=1S/C12H11BrN2O3/c1-9(13)8-14-12(16)6-5-10-3-2-4-11(7-10)15(17)18/h2-7H,1,8H2,(H,14,16)/b6-5+. The summed E-state index contributed by atoms with van der Waals surface area (Å²) in [4.78, 5) is 21.4. The van der Waals surface area contributed by atoms with E-state index in [2.05, 4.69) is 27.8 Å². The van der Waals surface area contributed by atoms with Gasteiger partial charge < -0.3 is 5.32 Å². The van der Waals surface area contributed by atoms with Crippen LogP contribution in [0.25, 0.3) is 6.08 Å². The first-order valence-corrected chi connectivity index (χ1v) is 5.82. The van der Waals surface area contributed by atoms with E-state index in [1.165, 1.54) is 24.3 Å². The minimum Gasteiger partial charge on any atom is -0.348 e. The third-order valence-electron chi connectivity index (χ3n) is 1.96. The molecule has 94 valence electrons. The topological polar surface area (TPSA) is 72.2 Å². The Labute approximate surface area is 112 Å². The van der Waals surface area contributed by atoms with Crippen LogP contribution in [0.2, 0.25) is 0 Å². The second kappa shape index (κ2) is 6.70. The van der Waals surface area contributed by atoms with Crippen molar-refractivity contribution < 1.29 is 9.72 Å². The van der Waals surface area contributed by atoms with Gasteiger partial charge in [-0.3, -0.25) is 14.9 Å². The number of nitro groups is 1. The van der Waals surface area contributed by atoms with E-state index in [1.807, 2.05) is 0 Å². The zero-order chi connectivity index (χ0) is 13.5. The first-order valence-electron chi connectivity index (χ1n) is 5.02. The van der Waals surface area contributed by atoms with E-state index in [0.717, 1.165) is 0 Å². The van der Waals surface area contributed by atoms with Crippen LogP contribution in [-0.2, 0) is 4.79 Å². The predicted octanol–water partition coefficient (Wildman–Crippen LogP) is 2.63. The number of nitrogens with zero attached hydrogens (tertiary/aromatic N) is 1. The Morgan fingerprint density at radius 1 is 1.56 bits per heavy atom. The molecule has 0 saturated heterocycles. The van der Waals surface area contributed by atoms with Crippen molar-refractivity contribution in [3.8, 4) is 0 Å². The lowest BCUT2D eigenvalue weighted by molar-refractivity contribution is -0.384. The minimum absolute atomic E-state index is 0.00797. The summed E-state index contributed by atoms with van der Waals surface area (Å²) in [5, 5.41) is 13.1. The zero-order valence-electron chi connectivity index (χ0n) is 9.43. The van der Waals surface area contributed by atoms with Gasteiger partial charge in [0.15, 0.2) is 0 Å². The van der Waals surface area contributed by atoms with Crippen molar-refractivity contribution in [2.24, 2.45) is 0 Å². The van der Waals surface area contributed by atoms with Crippen molar-refractivity contribution in [3.05, 3.63) is 57.1 Å². The van der Waals surface area contributed by atoms with E-state index in [0.29, 0.717) is 16.6 Å². The molecule has 0 aliphatic heterocycles. The van der Waals surface area contributed by atoms with Gasteiger partial charge in [0.1, 0.15) is 0 Å². The van der Waals surface area contributed by atoms with Crippen LogP contribution in [0.1, 0.15) is 5.56 Å². The number of nitrogens with one attached hydrogen (secondary N) is 1. The highest BCUT2D eigenvalue weighted by Gasteiger charge is 2.03. The van der Waals surface area contributed by atoms with E-state index in [9.17, 15) is 14.9 Å². The zero-order valence-corrected chi connectivity index (χ0v) is 11.0. The highest BCUT2D eigenvalue weighted by Crippen LogP contribution is 2.13. The molecule has 0 fully saturated rings. The van der Waals surface area contributed by atoms with Gasteiger partial charge in [-0.25, -0.2) is 0 Å². The van der Waals surface area contributed by atoms with Crippen LogP contribution in [0.15, 0.2) is 41.4 Å². The molecule has 0 spiro atoms. The molecule has 0 bridgehead atoms. The number of halogens is 1. The van der Waals surface area contributed by atoms with Crippen LogP contribution >= 0.6 is 15.9 Å². The summed E-state index contributed by atoms with van der Waals surface area (Å²) in [6.45, 7) is 3.91. The maximum atomic E-state index is 11.3. The normalized spacial score (nSPS) is 10.3. The fourth-order valence-electron chi connectivity index (χ4n) is 1.16. The van der Waals surface area contributed by atoms with Crippen molar-refractivity contribution in [1.29, 1.82) is 0 Å². The fourth-order valence-corrected chi connectivity index (χ4v) is 1.30. The molecular formula is C12H11BrN2O3. The molecule has 0 aliphatic carbocycles. The molecule has 0 unspecified atom stereocenters. The molecule has 1 rings (SSSR count). The third-order valence-corrected chi connectivity index (χ3v) is 2.24. The second-order valence-corrected chi connectivity index (χ2v) is 4.54. The van der Waals surface area contributed by atoms with Crippen LogP contribution in [0.4, 0.5) is 5.69 Å². The van der Waals surface area contributed by atoms with Crippen molar-refractivity contribution >= 4 is 33.6 Å². The van der Waals surface area contributed by atoms with Gasteiger partial charge in [-0.1, -0.05) is 34.6 Å². The van der Waals surface area contributed by atoms with Crippen LogP contribution in [0, 0.1) is 10.1 Å². The number of amides is 1. The summed E-state index contributed by atoms with van der Waals surface area (Å²) in [5.74, 6) is -0.290. The Bertz CT molecular complexity index is 512. The van der Waals surface area contributed by atoms with Crippen molar-refractivity contribution in [2.75, 3.05) is 6.54 Å². The Balaban J connectivity index is 2.66. The molecule has 1 N–H and O–H groups in total. The van der Waals surface area contributed by atoms with Gasteiger partial charge in [-0.15, -0.1) is 0 Å². The number of non-ortho nitro benzene ring substituents is 1. The van der Waals surface area contributed by atoms with Gasteiger partial charge >= 0.3 is 0 Å². The summed E-state index contributed by atoms with van der Waals surface area (Å²) in [5.41, 5.74) is 0.586. The van der Waals surface area contributed by atoms with E-state index >= 15 is 0 Å². The molecule has 1 aromatic rings. The fraction of sp³-hybridized carbons (Fsp3) is 0.0833. The van der Waals surface area contributed by atoms with Gasteiger partial charge in [-0.2, -0.15) is 0 Å². The summed E-state index contributed by atoms with van der Waals surface area (Å²) >= 11 is 3.12. The average molecular weight is 311 g/mol. The van der Waals surface area contributed by atoms with Crippen LogP contribution < -0.4 is 5.32 Å². The molecule has 0 saturated carbocycles. The van der Waals surface area contributed by atoms with Crippen molar-refractivity contribution in [1.82, 2.24) is 5.32 Å². The van der Waals surface area contributed by atoms with Crippen LogP contribution in [0.5, 0.6) is 0 Å². The Morgan fingerprint density at radius 2 is 2.28 bits per heavy atom.